The minimum absolute atomic E-state index is 0.228. The van der Waals surface area contributed by atoms with E-state index in [9.17, 15) is 29.1 Å². The van der Waals surface area contributed by atoms with Crippen LogP contribution >= 0.6 is 12.6 Å². The molecule has 0 spiro atoms. The zero-order valence-corrected chi connectivity index (χ0v) is 17.0. The highest BCUT2D eigenvalue weighted by Crippen LogP contribution is 2.06. The SMILES string of the molecule is CCC(C)C(N)C(=O)NC(CC(=O)O)C(=O)NC(CO)C(=O)NC(CS)C(=O)O. The van der Waals surface area contributed by atoms with E-state index in [1.54, 1.807) is 13.8 Å². The van der Waals surface area contributed by atoms with Gasteiger partial charge >= 0.3 is 11.9 Å². The number of aliphatic hydroxyl groups is 1. The van der Waals surface area contributed by atoms with Crippen LogP contribution in [0.3, 0.4) is 0 Å². The minimum atomic E-state index is -1.57. The third-order valence-electron chi connectivity index (χ3n) is 4.18. The molecule has 0 radical (unpaired) electrons. The van der Waals surface area contributed by atoms with Gasteiger partial charge in [0.15, 0.2) is 0 Å². The molecule has 0 saturated carbocycles. The highest BCUT2D eigenvalue weighted by molar-refractivity contribution is 7.80. The first-order valence-electron chi connectivity index (χ1n) is 8.81. The van der Waals surface area contributed by atoms with E-state index < -0.39 is 66.9 Å². The van der Waals surface area contributed by atoms with Gasteiger partial charge in [-0.05, 0) is 5.92 Å². The molecular weight excluding hydrogens is 408 g/mol. The fourth-order valence-electron chi connectivity index (χ4n) is 2.09. The van der Waals surface area contributed by atoms with Crippen LogP contribution in [0.15, 0.2) is 0 Å². The maximum absolute atomic E-state index is 12.4. The van der Waals surface area contributed by atoms with Crippen molar-refractivity contribution in [2.75, 3.05) is 12.4 Å². The second kappa shape index (κ2) is 13.0. The lowest BCUT2D eigenvalue weighted by Crippen LogP contribution is -2.59. The molecule has 0 aliphatic rings. The molecule has 3 amide bonds. The average molecular weight is 436 g/mol. The van der Waals surface area contributed by atoms with Gasteiger partial charge < -0.3 is 37.0 Å². The molecular formula is C16H28N4O8S. The maximum atomic E-state index is 12.4. The lowest BCUT2D eigenvalue weighted by Gasteiger charge is -2.24. The number of hydrogen-bond donors (Lipinski definition) is 8. The monoisotopic (exact) mass is 436 g/mol. The molecule has 0 aromatic rings. The first-order chi connectivity index (χ1) is 13.5. The smallest absolute Gasteiger partial charge is 0.327 e. The van der Waals surface area contributed by atoms with Crippen molar-refractivity contribution < 1.29 is 39.3 Å². The fourth-order valence-corrected chi connectivity index (χ4v) is 2.34. The van der Waals surface area contributed by atoms with Crippen LogP contribution in [0.4, 0.5) is 0 Å². The van der Waals surface area contributed by atoms with Gasteiger partial charge in [-0.1, -0.05) is 20.3 Å². The highest BCUT2D eigenvalue weighted by atomic mass is 32.1. The van der Waals surface area contributed by atoms with E-state index in [2.05, 4.69) is 28.6 Å². The van der Waals surface area contributed by atoms with Gasteiger partial charge in [-0.2, -0.15) is 12.6 Å². The number of carbonyl (C=O) groups excluding carboxylic acids is 3. The van der Waals surface area contributed by atoms with E-state index in [4.69, 9.17) is 15.9 Å². The van der Waals surface area contributed by atoms with Gasteiger partial charge in [-0.3, -0.25) is 19.2 Å². The Morgan fingerprint density at radius 1 is 0.931 bits per heavy atom. The predicted molar refractivity (Wildman–Crippen MR) is 104 cm³/mol. The quantitative estimate of drug-likeness (QED) is 0.141. The van der Waals surface area contributed by atoms with Gasteiger partial charge in [0.1, 0.15) is 18.1 Å². The largest absolute Gasteiger partial charge is 0.481 e. The number of aliphatic hydroxyl groups excluding tert-OH is 1. The number of nitrogens with one attached hydrogen (secondary N) is 3. The molecule has 12 nitrogen and oxygen atoms in total. The molecule has 29 heavy (non-hydrogen) atoms. The normalized spacial score (nSPS) is 15.9. The van der Waals surface area contributed by atoms with E-state index in [0.29, 0.717) is 6.42 Å². The van der Waals surface area contributed by atoms with Crippen LogP contribution in [-0.2, 0) is 24.0 Å². The molecule has 0 aromatic carbocycles. The molecule has 5 unspecified atom stereocenters. The first kappa shape index (κ1) is 26.6. The van der Waals surface area contributed by atoms with Crippen molar-refractivity contribution in [2.45, 2.75) is 50.9 Å². The van der Waals surface area contributed by atoms with Crippen molar-refractivity contribution in [3.05, 3.63) is 0 Å². The van der Waals surface area contributed by atoms with Crippen LogP contribution in [-0.4, -0.2) is 81.5 Å². The summed E-state index contributed by atoms with van der Waals surface area (Å²) in [5, 5.41) is 33.6. The van der Waals surface area contributed by atoms with Crippen LogP contribution in [0, 0.1) is 5.92 Å². The number of thiol groups is 1. The second-order valence-electron chi connectivity index (χ2n) is 6.40. The van der Waals surface area contributed by atoms with E-state index in [0.717, 1.165) is 0 Å². The molecule has 8 N–H and O–H groups in total. The summed E-state index contributed by atoms with van der Waals surface area (Å²) in [7, 11) is 0. The Balaban J connectivity index is 5.23. The summed E-state index contributed by atoms with van der Waals surface area (Å²) < 4.78 is 0. The van der Waals surface area contributed by atoms with E-state index in [1.165, 1.54) is 0 Å². The number of carboxylic acid groups (broad SMARTS) is 2. The predicted octanol–water partition coefficient (Wildman–Crippen LogP) is -2.70. The van der Waals surface area contributed by atoms with Gasteiger partial charge in [0.05, 0.1) is 19.1 Å². The van der Waals surface area contributed by atoms with Crippen molar-refractivity contribution in [1.82, 2.24) is 16.0 Å². The summed E-state index contributed by atoms with van der Waals surface area (Å²) in [6, 6.07) is -5.47. The van der Waals surface area contributed by atoms with E-state index in [1.807, 2.05) is 0 Å². The Morgan fingerprint density at radius 2 is 1.41 bits per heavy atom. The summed E-state index contributed by atoms with van der Waals surface area (Å²) in [4.78, 5) is 58.6. The Morgan fingerprint density at radius 3 is 1.83 bits per heavy atom. The summed E-state index contributed by atoms with van der Waals surface area (Å²) in [5.41, 5.74) is 5.77. The number of amides is 3. The first-order valence-corrected chi connectivity index (χ1v) is 9.44. The van der Waals surface area contributed by atoms with Crippen molar-refractivity contribution in [3.8, 4) is 0 Å². The molecule has 0 bridgehead atoms. The highest BCUT2D eigenvalue weighted by Gasteiger charge is 2.31. The van der Waals surface area contributed by atoms with E-state index >= 15 is 0 Å². The molecule has 0 aliphatic carbocycles. The van der Waals surface area contributed by atoms with Crippen molar-refractivity contribution >= 4 is 42.3 Å². The number of carboxylic acids is 2. The molecule has 0 fully saturated rings. The summed E-state index contributed by atoms with van der Waals surface area (Å²) in [5.74, 6) is -6.04. The fraction of sp³-hybridized carbons (Fsp3) is 0.688. The number of nitrogens with two attached hydrogens (primary N) is 1. The van der Waals surface area contributed by atoms with Crippen molar-refractivity contribution in [2.24, 2.45) is 11.7 Å². The van der Waals surface area contributed by atoms with E-state index in [-0.39, 0.29) is 11.7 Å². The minimum Gasteiger partial charge on any atom is -0.481 e. The molecule has 0 aliphatic heterocycles. The molecule has 0 heterocycles. The molecule has 5 atom stereocenters. The third-order valence-corrected chi connectivity index (χ3v) is 4.55. The second-order valence-corrected chi connectivity index (χ2v) is 6.76. The topological polar surface area (TPSA) is 208 Å². The summed E-state index contributed by atoms with van der Waals surface area (Å²) in [6.45, 7) is 2.62. The molecule has 0 saturated heterocycles. The number of rotatable bonds is 13. The van der Waals surface area contributed by atoms with Crippen LogP contribution in [0.2, 0.25) is 0 Å². The molecule has 166 valence electrons. The summed E-state index contributed by atoms with van der Waals surface area (Å²) >= 11 is 3.78. The lowest BCUT2D eigenvalue weighted by molar-refractivity contribution is -0.143. The lowest BCUT2D eigenvalue weighted by atomic mass is 9.99. The van der Waals surface area contributed by atoms with Crippen molar-refractivity contribution in [3.63, 3.8) is 0 Å². The third kappa shape index (κ3) is 9.11. The summed E-state index contributed by atoms with van der Waals surface area (Å²) in [6.07, 6.45) is -0.216. The molecule has 13 heteroatoms. The van der Waals surface area contributed by atoms with Gasteiger partial charge in [0, 0.05) is 5.75 Å². The Hall–Kier alpha value is -2.38. The standard InChI is InChI=1S/C16H28N4O8S/c1-3-7(2)12(17)15(26)18-8(4-11(22)23)13(24)19-9(5-21)14(25)20-10(6-29)16(27)28/h7-10,12,21,29H,3-6,17H2,1-2H3,(H,18,26)(H,19,24)(H,20,25)(H,22,23)(H,27,28). The Labute approximate surface area is 173 Å². The van der Waals surface area contributed by atoms with Gasteiger partial charge in [-0.15, -0.1) is 0 Å². The molecule has 0 aromatic heterocycles. The number of aliphatic carboxylic acids is 2. The molecule has 0 rings (SSSR count). The van der Waals surface area contributed by atoms with Crippen LogP contribution in [0.1, 0.15) is 26.7 Å². The van der Waals surface area contributed by atoms with Crippen LogP contribution in [0.25, 0.3) is 0 Å². The van der Waals surface area contributed by atoms with Crippen molar-refractivity contribution in [1.29, 1.82) is 0 Å². The average Bonchev–Trinajstić information content (AvgIpc) is 2.67. The number of hydrogen-bond acceptors (Lipinski definition) is 8. The zero-order chi connectivity index (χ0) is 22.7. The van der Waals surface area contributed by atoms with Gasteiger partial charge in [0.25, 0.3) is 0 Å². The number of carbonyl (C=O) groups is 5. The van der Waals surface area contributed by atoms with Gasteiger partial charge in [-0.25, -0.2) is 4.79 Å². The Bertz CT molecular complexity index is 618. The van der Waals surface area contributed by atoms with Gasteiger partial charge in [0.2, 0.25) is 17.7 Å². The Kier molecular flexibility index (Phi) is 11.9. The maximum Gasteiger partial charge on any atom is 0.327 e. The van der Waals surface area contributed by atoms with Crippen LogP contribution in [0.5, 0.6) is 0 Å². The zero-order valence-electron chi connectivity index (χ0n) is 16.1. The van der Waals surface area contributed by atoms with Crippen LogP contribution < -0.4 is 21.7 Å².